The summed E-state index contributed by atoms with van der Waals surface area (Å²) in [6, 6.07) is 0. The van der Waals surface area contributed by atoms with E-state index in [4.69, 9.17) is 23.2 Å². The molecular weight excluding hydrogens is 283 g/mol. The lowest BCUT2D eigenvalue weighted by molar-refractivity contribution is -0.658. The van der Waals surface area contributed by atoms with Gasteiger partial charge in [0.15, 0.2) is 0 Å². The second kappa shape index (κ2) is 10.2. The molecule has 0 radical (unpaired) electrons. The summed E-state index contributed by atoms with van der Waals surface area (Å²) in [6.07, 6.45) is -5.36. The first-order valence-corrected chi connectivity index (χ1v) is 6.94. The molecule has 6 nitrogen and oxygen atoms in total. The van der Waals surface area contributed by atoms with E-state index in [9.17, 15) is 20.4 Å². The summed E-state index contributed by atoms with van der Waals surface area (Å²) >= 11 is 11.3. The Balaban J connectivity index is 4.17. The molecule has 0 saturated carbocycles. The normalized spacial score (nSPS) is 20.2. The molecule has 5 unspecified atom stereocenters. The number of aliphatic hydroxyl groups excluding tert-OH is 4. The minimum absolute atomic E-state index is 0.199. The maximum atomic E-state index is 9.71. The molecule has 0 bridgehead atoms. The predicted molar refractivity (Wildman–Crippen MR) is 68.8 cm³/mol. The number of nitrogens with two attached hydrogens (primary N) is 2. The SMILES string of the molecule is C[NH2+]CC(Cl)C(O)C(O)C(O)C(O)C[NH2+]CCCl. The van der Waals surface area contributed by atoms with E-state index < -0.39 is 29.8 Å². The van der Waals surface area contributed by atoms with Crippen LogP contribution in [0.2, 0.25) is 0 Å². The summed E-state index contributed by atoms with van der Waals surface area (Å²) in [7, 11) is 1.78. The molecule has 0 rings (SSSR count). The van der Waals surface area contributed by atoms with Crippen molar-refractivity contribution in [1.29, 1.82) is 0 Å². The number of hydrogen-bond acceptors (Lipinski definition) is 4. The van der Waals surface area contributed by atoms with Gasteiger partial charge in [-0.15, -0.1) is 23.2 Å². The van der Waals surface area contributed by atoms with Crippen LogP contribution in [0, 0.1) is 0 Å². The maximum absolute atomic E-state index is 9.71. The van der Waals surface area contributed by atoms with E-state index in [1.54, 1.807) is 17.7 Å². The Labute approximate surface area is 117 Å². The third kappa shape index (κ3) is 6.49. The van der Waals surface area contributed by atoms with E-state index >= 15 is 0 Å². The van der Waals surface area contributed by atoms with Gasteiger partial charge in [-0.3, -0.25) is 0 Å². The summed E-state index contributed by atoms with van der Waals surface area (Å²) < 4.78 is 0. The van der Waals surface area contributed by atoms with Crippen LogP contribution < -0.4 is 10.6 Å². The van der Waals surface area contributed by atoms with Crippen LogP contribution in [-0.2, 0) is 0 Å². The van der Waals surface area contributed by atoms with Gasteiger partial charge in [-0.1, -0.05) is 0 Å². The highest BCUT2D eigenvalue weighted by Gasteiger charge is 2.35. The van der Waals surface area contributed by atoms with Crippen molar-refractivity contribution >= 4 is 23.2 Å². The number of quaternary nitrogens is 2. The Morgan fingerprint density at radius 3 is 2.11 bits per heavy atom. The predicted octanol–water partition coefficient (Wildman–Crippen LogP) is -3.97. The number of halogens is 2. The fraction of sp³-hybridized carbons (Fsp3) is 1.00. The van der Waals surface area contributed by atoms with Gasteiger partial charge < -0.3 is 31.1 Å². The van der Waals surface area contributed by atoms with Crippen LogP contribution in [0.3, 0.4) is 0 Å². The largest absolute Gasteiger partial charge is 0.389 e. The van der Waals surface area contributed by atoms with E-state index in [2.05, 4.69) is 0 Å². The standard InChI is InChI=1S/C10H22Cl2N2O4/c1-13-4-6(12)8(16)10(18)9(17)7(15)5-14-3-2-11/h6-10,13-18H,2-5H2,1H3/p+2. The van der Waals surface area contributed by atoms with Gasteiger partial charge in [0.2, 0.25) is 0 Å². The minimum Gasteiger partial charge on any atom is -0.389 e. The molecular formula is C10H24Cl2N2O4+2. The second-order valence-corrected chi connectivity index (χ2v) is 5.14. The lowest BCUT2D eigenvalue weighted by atomic mass is 10.0. The van der Waals surface area contributed by atoms with Crippen molar-refractivity contribution in [3.63, 3.8) is 0 Å². The van der Waals surface area contributed by atoms with Gasteiger partial charge in [-0.05, 0) is 0 Å². The highest BCUT2D eigenvalue weighted by Crippen LogP contribution is 2.11. The molecule has 110 valence electrons. The average Bonchev–Trinajstić information content (AvgIpc) is 2.36. The van der Waals surface area contributed by atoms with E-state index in [1.807, 2.05) is 0 Å². The van der Waals surface area contributed by atoms with Crippen LogP contribution in [0.25, 0.3) is 0 Å². The first-order chi connectivity index (χ1) is 8.45. The molecule has 0 saturated heterocycles. The van der Waals surface area contributed by atoms with E-state index in [0.29, 0.717) is 19.0 Å². The van der Waals surface area contributed by atoms with E-state index in [0.717, 1.165) is 0 Å². The first kappa shape index (κ1) is 18.3. The van der Waals surface area contributed by atoms with Crippen molar-refractivity contribution < 1.29 is 31.1 Å². The number of alkyl halides is 2. The summed E-state index contributed by atoms with van der Waals surface area (Å²) in [5, 5.41) is 41.5. The molecule has 0 fully saturated rings. The van der Waals surface area contributed by atoms with Crippen molar-refractivity contribution in [3.05, 3.63) is 0 Å². The van der Waals surface area contributed by atoms with Gasteiger partial charge in [0.25, 0.3) is 0 Å². The lowest BCUT2D eigenvalue weighted by Gasteiger charge is -2.27. The van der Waals surface area contributed by atoms with Gasteiger partial charge in [-0.2, -0.15) is 0 Å². The topological polar surface area (TPSA) is 114 Å². The molecule has 0 aliphatic heterocycles. The van der Waals surface area contributed by atoms with Crippen LogP contribution >= 0.6 is 23.2 Å². The number of hydrogen-bond donors (Lipinski definition) is 6. The van der Waals surface area contributed by atoms with Gasteiger partial charge in [0.05, 0.1) is 26.0 Å². The molecule has 0 spiro atoms. The molecule has 0 aliphatic rings. The summed E-state index contributed by atoms with van der Waals surface area (Å²) in [4.78, 5) is 0. The molecule has 0 amide bonds. The van der Waals surface area contributed by atoms with Crippen molar-refractivity contribution in [1.82, 2.24) is 0 Å². The zero-order valence-electron chi connectivity index (χ0n) is 10.4. The van der Waals surface area contributed by atoms with E-state index in [1.165, 1.54) is 0 Å². The highest BCUT2D eigenvalue weighted by atomic mass is 35.5. The quantitative estimate of drug-likeness (QED) is 0.182. The molecule has 5 atom stereocenters. The van der Waals surface area contributed by atoms with Crippen molar-refractivity contribution in [2.45, 2.75) is 29.8 Å². The van der Waals surface area contributed by atoms with Crippen LogP contribution in [0.4, 0.5) is 0 Å². The maximum Gasteiger partial charge on any atom is 0.131 e. The van der Waals surface area contributed by atoms with E-state index in [-0.39, 0.29) is 6.54 Å². The molecule has 8 heteroatoms. The van der Waals surface area contributed by atoms with Gasteiger partial charge in [0.1, 0.15) is 36.3 Å². The second-order valence-electron chi connectivity index (χ2n) is 4.20. The molecule has 0 aromatic rings. The molecule has 0 aromatic heterocycles. The van der Waals surface area contributed by atoms with Gasteiger partial charge in [-0.25, -0.2) is 0 Å². The van der Waals surface area contributed by atoms with Gasteiger partial charge >= 0.3 is 0 Å². The molecule has 18 heavy (non-hydrogen) atoms. The zero-order valence-corrected chi connectivity index (χ0v) is 11.9. The number of rotatable bonds is 10. The first-order valence-electron chi connectivity index (χ1n) is 5.97. The monoisotopic (exact) mass is 306 g/mol. The van der Waals surface area contributed by atoms with Crippen LogP contribution in [0.5, 0.6) is 0 Å². The Hall–Kier alpha value is 0.340. The Morgan fingerprint density at radius 2 is 1.61 bits per heavy atom. The fourth-order valence-electron chi connectivity index (χ4n) is 1.51. The zero-order chi connectivity index (χ0) is 14.1. The van der Waals surface area contributed by atoms with Crippen LogP contribution in [-0.4, -0.2) is 82.8 Å². The smallest absolute Gasteiger partial charge is 0.131 e. The van der Waals surface area contributed by atoms with Crippen molar-refractivity contribution in [2.24, 2.45) is 0 Å². The Bertz CT molecular complexity index is 214. The van der Waals surface area contributed by atoms with Gasteiger partial charge in [0, 0.05) is 0 Å². The van der Waals surface area contributed by atoms with Crippen LogP contribution in [0.1, 0.15) is 0 Å². The summed E-state index contributed by atoms with van der Waals surface area (Å²) in [5.41, 5.74) is 0. The molecule has 0 aliphatic carbocycles. The van der Waals surface area contributed by atoms with Crippen molar-refractivity contribution in [3.8, 4) is 0 Å². The summed E-state index contributed by atoms with van der Waals surface area (Å²) in [6.45, 7) is 1.21. The minimum atomic E-state index is -1.48. The summed E-state index contributed by atoms with van der Waals surface area (Å²) in [5.74, 6) is 0.435. The van der Waals surface area contributed by atoms with Crippen molar-refractivity contribution in [2.75, 3.05) is 32.6 Å². The molecule has 8 N–H and O–H groups in total. The Morgan fingerprint density at radius 1 is 1.00 bits per heavy atom. The Kier molecular flexibility index (Phi) is 10.4. The lowest BCUT2D eigenvalue weighted by Crippen LogP contribution is -2.87. The third-order valence-electron chi connectivity index (χ3n) is 2.65. The van der Waals surface area contributed by atoms with Crippen LogP contribution in [0.15, 0.2) is 0 Å². The molecule has 0 heterocycles. The third-order valence-corrected chi connectivity index (χ3v) is 3.30. The molecule has 0 aromatic carbocycles. The highest BCUT2D eigenvalue weighted by molar-refractivity contribution is 6.21. The number of aliphatic hydroxyl groups is 4. The average molecular weight is 307 g/mol. The fourth-order valence-corrected chi connectivity index (χ4v) is 1.99.